The maximum atomic E-state index is 13.9. The Labute approximate surface area is 249 Å². The van der Waals surface area contributed by atoms with Gasteiger partial charge >= 0.3 is 4.87 Å². The zero-order valence-electron chi connectivity index (χ0n) is 23.0. The second-order valence-corrected chi connectivity index (χ2v) is 12.7. The number of aryl methyl sites for hydroxylation is 1. The standard InChI is InChI=1S/C31H27FN4O4S2/c1-17-4-10-20(11-5-17)33-23(37)16-35-30-27(42-31(35)40)24(18-6-12-21(13-7-18)34(2)3)25-26(41-30)29(39)36(28(25)38)22-14-8-19(32)9-15-22/h4-15,24-26H,16H2,1-3H3,(H,33,37)/t24-,25-,26+/m0/s1. The summed E-state index contributed by atoms with van der Waals surface area (Å²) in [7, 11) is 3.85. The van der Waals surface area contributed by atoms with Crippen LogP contribution in [0.15, 0.2) is 82.6 Å². The monoisotopic (exact) mass is 602 g/mol. The number of aromatic nitrogens is 1. The first-order valence-corrected chi connectivity index (χ1v) is 15.0. The molecule has 3 heterocycles. The Hall–Kier alpha value is -4.22. The fourth-order valence-electron chi connectivity index (χ4n) is 5.42. The average molecular weight is 603 g/mol. The molecular formula is C31H27FN4O4S2. The van der Waals surface area contributed by atoms with Gasteiger partial charge in [0.05, 0.1) is 16.6 Å². The molecule has 1 saturated heterocycles. The van der Waals surface area contributed by atoms with Crippen LogP contribution in [-0.2, 0) is 20.9 Å². The summed E-state index contributed by atoms with van der Waals surface area (Å²) < 4.78 is 15.0. The van der Waals surface area contributed by atoms with E-state index in [1.54, 1.807) is 12.1 Å². The summed E-state index contributed by atoms with van der Waals surface area (Å²) in [5.41, 5.74) is 3.71. The van der Waals surface area contributed by atoms with E-state index in [2.05, 4.69) is 5.32 Å². The summed E-state index contributed by atoms with van der Waals surface area (Å²) >= 11 is 2.14. The predicted molar refractivity (Wildman–Crippen MR) is 163 cm³/mol. The Morgan fingerprint density at radius 3 is 2.24 bits per heavy atom. The van der Waals surface area contributed by atoms with Crippen molar-refractivity contribution in [1.29, 1.82) is 0 Å². The summed E-state index contributed by atoms with van der Waals surface area (Å²) in [6.07, 6.45) is 0. The van der Waals surface area contributed by atoms with E-state index in [1.165, 1.54) is 28.8 Å². The number of thiazole rings is 1. The van der Waals surface area contributed by atoms with Gasteiger partial charge in [-0.05, 0) is 61.0 Å². The van der Waals surface area contributed by atoms with E-state index in [-0.39, 0.29) is 17.3 Å². The molecule has 11 heteroatoms. The second kappa shape index (κ2) is 10.9. The van der Waals surface area contributed by atoms with E-state index >= 15 is 0 Å². The molecule has 2 aliphatic heterocycles. The molecule has 1 fully saturated rings. The molecule has 2 aliphatic rings. The minimum absolute atomic E-state index is 0.237. The summed E-state index contributed by atoms with van der Waals surface area (Å²) in [5, 5.41) is 2.51. The number of fused-ring (bicyclic) bond motifs is 2. The molecule has 6 rings (SSSR count). The summed E-state index contributed by atoms with van der Waals surface area (Å²) in [5.74, 6) is -3.05. The highest BCUT2D eigenvalue weighted by Gasteiger charge is 2.56. The number of thioether (sulfide) groups is 1. The van der Waals surface area contributed by atoms with Crippen molar-refractivity contribution in [2.45, 2.75) is 29.7 Å². The smallest absolute Gasteiger partial charge is 0.308 e. The summed E-state index contributed by atoms with van der Waals surface area (Å²) in [6.45, 7) is 1.71. The molecule has 3 aromatic carbocycles. The highest BCUT2D eigenvalue weighted by molar-refractivity contribution is 8.00. The molecule has 214 valence electrons. The van der Waals surface area contributed by atoms with Gasteiger partial charge in [0.1, 0.15) is 17.6 Å². The molecule has 0 aliphatic carbocycles. The third-order valence-corrected chi connectivity index (χ3v) is 10.1. The molecule has 0 saturated carbocycles. The highest BCUT2D eigenvalue weighted by atomic mass is 32.2. The molecule has 0 spiro atoms. The number of nitrogens with zero attached hydrogens (tertiary/aromatic N) is 3. The number of rotatable bonds is 6. The minimum atomic E-state index is -0.825. The molecule has 1 N–H and O–H groups in total. The first kappa shape index (κ1) is 27.9. The maximum absolute atomic E-state index is 13.9. The molecule has 8 nitrogen and oxygen atoms in total. The van der Waals surface area contributed by atoms with Gasteiger partial charge in [0, 0.05) is 36.3 Å². The van der Waals surface area contributed by atoms with Gasteiger partial charge in [0.25, 0.3) is 0 Å². The van der Waals surface area contributed by atoms with Crippen LogP contribution in [0, 0.1) is 18.7 Å². The Morgan fingerprint density at radius 1 is 0.929 bits per heavy atom. The number of carbonyl (C=O) groups excluding carboxylic acids is 3. The Kier molecular flexibility index (Phi) is 7.24. The van der Waals surface area contributed by atoms with Crippen molar-refractivity contribution >= 4 is 57.9 Å². The number of carbonyl (C=O) groups is 3. The number of imide groups is 1. The van der Waals surface area contributed by atoms with Crippen LogP contribution < -0.4 is 20.0 Å². The highest BCUT2D eigenvalue weighted by Crippen LogP contribution is 2.54. The number of hydrogen-bond acceptors (Lipinski definition) is 7. The van der Waals surface area contributed by atoms with Crippen molar-refractivity contribution in [3.63, 3.8) is 0 Å². The maximum Gasteiger partial charge on any atom is 0.308 e. The Morgan fingerprint density at radius 2 is 1.60 bits per heavy atom. The van der Waals surface area contributed by atoms with Crippen molar-refractivity contribution in [2.24, 2.45) is 5.92 Å². The largest absolute Gasteiger partial charge is 0.378 e. The van der Waals surface area contributed by atoms with Gasteiger partial charge in [-0.3, -0.25) is 23.7 Å². The molecular weight excluding hydrogens is 575 g/mol. The van der Waals surface area contributed by atoms with Gasteiger partial charge in [-0.25, -0.2) is 9.29 Å². The van der Waals surface area contributed by atoms with Crippen LogP contribution in [-0.4, -0.2) is 41.6 Å². The van der Waals surface area contributed by atoms with E-state index < -0.39 is 34.7 Å². The van der Waals surface area contributed by atoms with Crippen molar-refractivity contribution in [1.82, 2.24) is 4.57 Å². The number of anilines is 3. The second-order valence-electron chi connectivity index (χ2n) is 10.6. The number of benzene rings is 3. The van der Waals surface area contributed by atoms with E-state index in [0.717, 1.165) is 44.8 Å². The van der Waals surface area contributed by atoms with Gasteiger partial charge in [0.15, 0.2) is 0 Å². The van der Waals surface area contributed by atoms with Gasteiger partial charge in [-0.15, -0.1) is 0 Å². The predicted octanol–water partition coefficient (Wildman–Crippen LogP) is 4.86. The fraction of sp³-hybridized carbons (Fsp3) is 0.226. The van der Waals surface area contributed by atoms with Crippen LogP contribution in [0.3, 0.4) is 0 Å². The molecule has 3 atom stereocenters. The van der Waals surface area contributed by atoms with E-state index in [9.17, 15) is 23.6 Å². The Balaban J connectivity index is 1.41. The van der Waals surface area contributed by atoms with Gasteiger partial charge < -0.3 is 10.2 Å². The lowest BCUT2D eigenvalue weighted by Gasteiger charge is -2.31. The van der Waals surface area contributed by atoms with Crippen molar-refractivity contribution < 1.29 is 18.8 Å². The van der Waals surface area contributed by atoms with Crippen LogP contribution in [0.25, 0.3) is 0 Å². The lowest BCUT2D eigenvalue weighted by molar-refractivity contribution is -0.122. The molecule has 42 heavy (non-hydrogen) atoms. The van der Waals surface area contributed by atoms with Crippen LogP contribution in [0.4, 0.5) is 21.5 Å². The molecule has 0 radical (unpaired) electrons. The molecule has 3 amide bonds. The minimum Gasteiger partial charge on any atom is -0.378 e. The zero-order chi connectivity index (χ0) is 29.7. The van der Waals surface area contributed by atoms with E-state index in [0.29, 0.717) is 21.3 Å². The van der Waals surface area contributed by atoms with Crippen LogP contribution in [0.1, 0.15) is 21.9 Å². The normalized spacial score (nSPS) is 19.4. The quantitative estimate of drug-likeness (QED) is 0.317. The van der Waals surface area contributed by atoms with Crippen LogP contribution in [0.2, 0.25) is 0 Å². The fourth-order valence-corrected chi connectivity index (χ4v) is 8.19. The van der Waals surface area contributed by atoms with E-state index in [4.69, 9.17) is 0 Å². The molecule has 4 aromatic rings. The number of nitrogens with one attached hydrogen (secondary N) is 1. The molecule has 0 unspecified atom stereocenters. The van der Waals surface area contributed by atoms with Crippen molar-refractivity contribution in [3.8, 4) is 0 Å². The van der Waals surface area contributed by atoms with E-state index in [1.807, 2.05) is 62.3 Å². The lowest BCUT2D eigenvalue weighted by atomic mass is 9.83. The summed E-state index contributed by atoms with van der Waals surface area (Å²) in [4.78, 5) is 57.5. The number of amides is 3. The summed E-state index contributed by atoms with van der Waals surface area (Å²) in [6, 6.07) is 20.3. The van der Waals surface area contributed by atoms with Crippen LogP contribution in [0.5, 0.6) is 0 Å². The first-order chi connectivity index (χ1) is 20.1. The molecule has 1 aromatic heterocycles. The van der Waals surface area contributed by atoms with Crippen molar-refractivity contribution in [2.75, 3.05) is 29.2 Å². The third-order valence-electron chi connectivity index (χ3n) is 7.54. The number of hydrogen-bond donors (Lipinski definition) is 1. The van der Waals surface area contributed by atoms with Gasteiger partial charge in [-0.2, -0.15) is 0 Å². The van der Waals surface area contributed by atoms with Crippen molar-refractivity contribution in [3.05, 3.63) is 104 Å². The Bertz CT molecular complexity index is 1750. The lowest BCUT2D eigenvalue weighted by Crippen LogP contribution is -2.33. The van der Waals surface area contributed by atoms with Crippen LogP contribution >= 0.6 is 23.1 Å². The van der Waals surface area contributed by atoms with Gasteiger partial charge in [-0.1, -0.05) is 52.9 Å². The average Bonchev–Trinajstić information content (AvgIpc) is 3.41. The topological polar surface area (TPSA) is 91.7 Å². The number of halogens is 1. The third kappa shape index (κ3) is 4.92. The molecule has 0 bridgehead atoms. The zero-order valence-corrected chi connectivity index (χ0v) is 24.7. The van der Waals surface area contributed by atoms with Gasteiger partial charge in [0.2, 0.25) is 17.7 Å². The SMILES string of the molecule is Cc1ccc(NC(=O)Cn2c3c(sc2=O)[C@@H](c2ccc(N(C)C)cc2)[C@@H]2C(=O)N(c4ccc(F)cc4)C(=O)[C@@H]2S3)cc1. The first-order valence-electron chi connectivity index (χ1n) is 13.3.